The summed E-state index contributed by atoms with van der Waals surface area (Å²) in [6, 6.07) is 0. The van der Waals surface area contributed by atoms with Crippen LogP contribution in [-0.2, 0) is 6.54 Å². The molecule has 0 fully saturated rings. The fourth-order valence-electron chi connectivity index (χ4n) is 1.55. The van der Waals surface area contributed by atoms with Crippen molar-refractivity contribution >= 4 is 5.82 Å². The van der Waals surface area contributed by atoms with Crippen molar-refractivity contribution in [3.8, 4) is 0 Å². The summed E-state index contributed by atoms with van der Waals surface area (Å²) in [7, 11) is 2.07. The lowest BCUT2D eigenvalue weighted by atomic mass is 10.0. The van der Waals surface area contributed by atoms with E-state index in [1.807, 2.05) is 12.4 Å². The summed E-state index contributed by atoms with van der Waals surface area (Å²) in [4.78, 5) is 11.1. The Balaban J connectivity index is 2.65. The Kier molecular flexibility index (Phi) is 5.54. The summed E-state index contributed by atoms with van der Waals surface area (Å²) in [5.41, 5.74) is 1.10. The van der Waals surface area contributed by atoms with E-state index < -0.39 is 0 Å². The van der Waals surface area contributed by atoms with Crippen LogP contribution >= 0.6 is 0 Å². The normalized spacial score (nSPS) is 11.6. The summed E-state index contributed by atoms with van der Waals surface area (Å²) >= 11 is 0. The standard InChI is InChI=1S/C14H26N4/c1-6-8-15-9-12-10-17-13(11-16-12)18(5)14(3,4)7-2/h10-11,15H,6-9H2,1-5H3. The lowest BCUT2D eigenvalue weighted by Crippen LogP contribution is -2.41. The Morgan fingerprint density at radius 1 is 1.22 bits per heavy atom. The Morgan fingerprint density at radius 3 is 2.44 bits per heavy atom. The van der Waals surface area contributed by atoms with E-state index in [0.717, 1.165) is 37.4 Å². The molecule has 102 valence electrons. The first kappa shape index (κ1) is 14.9. The van der Waals surface area contributed by atoms with Gasteiger partial charge in [-0.1, -0.05) is 13.8 Å². The van der Waals surface area contributed by atoms with E-state index in [0.29, 0.717) is 0 Å². The van der Waals surface area contributed by atoms with Crippen LogP contribution in [0, 0.1) is 0 Å². The maximum absolute atomic E-state index is 4.50. The van der Waals surface area contributed by atoms with Gasteiger partial charge in [0.05, 0.1) is 18.1 Å². The van der Waals surface area contributed by atoms with E-state index in [-0.39, 0.29) is 5.54 Å². The average Bonchev–Trinajstić information content (AvgIpc) is 2.39. The molecule has 0 atom stereocenters. The van der Waals surface area contributed by atoms with Crippen molar-refractivity contribution in [2.45, 2.75) is 52.6 Å². The van der Waals surface area contributed by atoms with Gasteiger partial charge in [-0.15, -0.1) is 0 Å². The summed E-state index contributed by atoms with van der Waals surface area (Å²) in [6.45, 7) is 10.6. The topological polar surface area (TPSA) is 41.1 Å². The summed E-state index contributed by atoms with van der Waals surface area (Å²) in [5, 5.41) is 3.33. The number of anilines is 1. The van der Waals surface area contributed by atoms with Gasteiger partial charge in [0.2, 0.25) is 0 Å². The first-order valence-electron chi connectivity index (χ1n) is 6.76. The molecule has 0 unspecified atom stereocenters. The number of nitrogens with zero attached hydrogens (tertiary/aromatic N) is 3. The Hall–Kier alpha value is -1.16. The molecule has 0 aliphatic carbocycles. The van der Waals surface area contributed by atoms with Crippen LogP contribution in [0.25, 0.3) is 0 Å². The van der Waals surface area contributed by atoms with E-state index in [2.05, 4.69) is 54.9 Å². The van der Waals surface area contributed by atoms with Crippen LogP contribution in [0.15, 0.2) is 12.4 Å². The minimum atomic E-state index is 0.108. The third-order valence-electron chi connectivity index (χ3n) is 3.54. The zero-order chi connectivity index (χ0) is 13.6. The van der Waals surface area contributed by atoms with Gasteiger partial charge in [-0.05, 0) is 33.2 Å². The van der Waals surface area contributed by atoms with Crippen molar-refractivity contribution in [3.63, 3.8) is 0 Å². The third kappa shape index (κ3) is 3.95. The van der Waals surface area contributed by atoms with Crippen LogP contribution in [0.4, 0.5) is 5.82 Å². The van der Waals surface area contributed by atoms with Gasteiger partial charge >= 0.3 is 0 Å². The molecule has 0 saturated carbocycles. The van der Waals surface area contributed by atoms with Crippen molar-refractivity contribution in [2.75, 3.05) is 18.5 Å². The third-order valence-corrected chi connectivity index (χ3v) is 3.54. The number of aromatic nitrogens is 2. The molecule has 18 heavy (non-hydrogen) atoms. The van der Waals surface area contributed by atoms with Gasteiger partial charge in [-0.2, -0.15) is 0 Å². The van der Waals surface area contributed by atoms with Crippen LogP contribution in [0.5, 0.6) is 0 Å². The highest BCUT2D eigenvalue weighted by molar-refractivity contribution is 5.38. The molecule has 1 N–H and O–H groups in total. The SMILES string of the molecule is CCCNCc1cnc(N(C)C(C)(C)CC)cn1. The Labute approximate surface area is 111 Å². The van der Waals surface area contributed by atoms with E-state index >= 15 is 0 Å². The molecule has 0 spiro atoms. The second-order valence-electron chi connectivity index (χ2n) is 5.27. The molecule has 0 amide bonds. The first-order valence-corrected chi connectivity index (χ1v) is 6.76. The number of nitrogens with one attached hydrogen (secondary N) is 1. The van der Waals surface area contributed by atoms with Crippen LogP contribution in [-0.4, -0.2) is 29.1 Å². The number of rotatable bonds is 7. The van der Waals surface area contributed by atoms with Gasteiger partial charge < -0.3 is 10.2 Å². The maximum atomic E-state index is 4.50. The van der Waals surface area contributed by atoms with E-state index in [1.165, 1.54) is 0 Å². The molecular formula is C14H26N4. The van der Waals surface area contributed by atoms with Crippen molar-refractivity contribution in [1.29, 1.82) is 0 Å². The molecule has 1 aromatic rings. The second kappa shape index (κ2) is 6.69. The smallest absolute Gasteiger partial charge is 0.147 e. The molecule has 0 bridgehead atoms. The van der Waals surface area contributed by atoms with Crippen LogP contribution in [0.2, 0.25) is 0 Å². The fraction of sp³-hybridized carbons (Fsp3) is 0.714. The molecule has 0 radical (unpaired) electrons. The van der Waals surface area contributed by atoms with Gasteiger partial charge in [0.25, 0.3) is 0 Å². The monoisotopic (exact) mass is 250 g/mol. The minimum Gasteiger partial charge on any atom is -0.353 e. The number of hydrogen-bond acceptors (Lipinski definition) is 4. The highest BCUT2D eigenvalue weighted by Gasteiger charge is 2.22. The van der Waals surface area contributed by atoms with Gasteiger partial charge in [-0.25, -0.2) is 4.98 Å². The quantitative estimate of drug-likeness (QED) is 0.755. The maximum Gasteiger partial charge on any atom is 0.147 e. The molecule has 0 aromatic carbocycles. The zero-order valence-corrected chi connectivity index (χ0v) is 12.3. The average molecular weight is 250 g/mol. The molecule has 1 heterocycles. The lowest BCUT2D eigenvalue weighted by molar-refractivity contribution is 0.466. The minimum absolute atomic E-state index is 0.108. The molecule has 0 aliphatic rings. The molecule has 4 nitrogen and oxygen atoms in total. The predicted octanol–water partition coefficient (Wildman–Crippen LogP) is 2.60. The summed E-state index contributed by atoms with van der Waals surface area (Å²) in [6.07, 6.45) is 5.94. The highest BCUT2D eigenvalue weighted by atomic mass is 15.2. The fourth-order valence-corrected chi connectivity index (χ4v) is 1.55. The van der Waals surface area contributed by atoms with Gasteiger partial charge in [0.15, 0.2) is 0 Å². The van der Waals surface area contributed by atoms with Crippen LogP contribution < -0.4 is 10.2 Å². The van der Waals surface area contributed by atoms with Crippen molar-refractivity contribution < 1.29 is 0 Å². The summed E-state index contributed by atoms with van der Waals surface area (Å²) in [5.74, 6) is 0.932. The van der Waals surface area contributed by atoms with Crippen LogP contribution in [0.1, 0.15) is 46.2 Å². The second-order valence-corrected chi connectivity index (χ2v) is 5.27. The van der Waals surface area contributed by atoms with E-state index in [4.69, 9.17) is 0 Å². The molecule has 1 rings (SSSR count). The predicted molar refractivity (Wildman–Crippen MR) is 76.8 cm³/mol. The van der Waals surface area contributed by atoms with E-state index in [1.54, 1.807) is 0 Å². The molecule has 1 aromatic heterocycles. The van der Waals surface area contributed by atoms with Gasteiger partial charge in [-0.3, -0.25) is 4.98 Å². The van der Waals surface area contributed by atoms with Gasteiger partial charge in [0.1, 0.15) is 5.82 Å². The molecular weight excluding hydrogens is 224 g/mol. The lowest BCUT2D eigenvalue weighted by Gasteiger charge is -2.35. The van der Waals surface area contributed by atoms with Crippen molar-refractivity contribution in [2.24, 2.45) is 0 Å². The van der Waals surface area contributed by atoms with E-state index in [9.17, 15) is 0 Å². The highest BCUT2D eigenvalue weighted by Crippen LogP contribution is 2.21. The largest absolute Gasteiger partial charge is 0.353 e. The number of hydrogen-bond donors (Lipinski definition) is 1. The first-order chi connectivity index (χ1) is 8.51. The van der Waals surface area contributed by atoms with Crippen LogP contribution in [0.3, 0.4) is 0 Å². The Morgan fingerprint density at radius 2 is 1.94 bits per heavy atom. The van der Waals surface area contributed by atoms with Crippen molar-refractivity contribution in [1.82, 2.24) is 15.3 Å². The zero-order valence-electron chi connectivity index (χ0n) is 12.3. The summed E-state index contributed by atoms with van der Waals surface area (Å²) < 4.78 is 0. The molecule has 4 heteroatoms. The van der Waals surface area contributed by atoms with Gasteiger partial charge in [0, 0.05) is 19.1 Å². The van der Waals surface area contributed by atoms with Crippen molar-refractivity contribution in [3.05, 3.63) is 18.1 Å². The Bertz CT molecular complexity index is 345. The molecule has 0 aliphatic heterocycles. The molecule has 0 saturated heterocycles.